The maximum absolute atomic E-state index is 9.87. The lowest BCUT2D eigenvalue weighted by atomic mass is 9.80. The van der Waals surface area contributed by atoms with E-state index in [4.69, 9.17) is 15.1 Å². The van der Waals surface area contributed by atoms with Crippen molar-refractivity contribution in [1.82, 2.24) is 0 Å². The number of fused-ring (bicyclic) bond motifs is 1. The van der Waals surface area contributed by atoms with E-state index in [1.54, 1.807) is 24.3 Å². The Hall–Kier alpha value is -4.64. The molecule has 38 heavy (non-hydrogen) atoms. The van der Waals surface area contributed by atoms with E-state index >= 15 is 0 Å². The first kappa shape index (κ1) is 14.3. The van der Waals surface area contributed by atoms with Gasteiger partial charge in [0.1, 0.15) is 0 Å². The molecular formula is C34H26BNO2. The highest BCUT2D eigenvalue weighted by molar-refractivity contribution is 6.58. The summed E-state index contributed by atoms with van der Waals surface area (Å²) in [4.78, 5) is 1.51. The number of anilines is 3. The van der Waals surface area contributed by atoms with Gasteiger partial charge >= 0.3 is 7.12 Å². The second kappa shape index (κ2) is 10.4. The Bertz CT molecular complexity index is 2260. The van der Waals surface area contributed by atoms with Gasteiger partial charge in [-0.3, -0.25) is 0 Å². The lowest BCUT2D eigenvalue weighted by Gasteiger charge is -2.28. The van der Waals surface area contributed by atoms with Gasteiger partial charge in [0.2, 0.25) is 0 Å². The molecule has 6 rings (SSSR count). The molecule has 6 aromatic carbocycles. The minimum Gasteiger partial charge on any atom is -0.423 e. The molecule has 0 amide bonds. The van der Waals surface area contributed by atoms with Crippen molar-refractivity contribution >= 4 is 40.4 Å². The van der Waals surface area contributed by atoms with Crippen molar-refractivity contribution < 1.29 is 25.1 Å². The summed E-state index contributed by atoms with van der Waals surface area (Å²) in [5.74, 6) is 0. The van der Waals surface area contributed by atoms with Crippen LogP contribution in [0.3, 0.4) is 0 Å². The standard InChI is InChI=1S/C34H26BNO2/c37-35(38)30-18-22-32(23-19-30)36(34-13-7-6-12-33(34)27-9-2-1-3-10-27)31-20-16-26(17-21-31)29-15-14-25-8-4-5-11-28(25)24-29/h1-24,37-38H/i4D,5D,8D,11D,14D,15D,18D,19D,22D,23D,24D. The van der Waals surface area contributed by atoms with E-state index < -0.39 is 73.0 Å². The summed E-state index contributed by atoms with van der Waals surface area (Å²) in [6, 6.07) is 17.0. The highest BCUT2D eigenvalue weighted by atomic mass is 16.4. The van der Waals surface area contributed by atoms with Crippen LogP contribution in [0.4, 0.5) is 17.1 Å². The molecule has 4 heteroatoms. The van der Waals surface area contributed by atoms with Crippen LogP contribution in [-0.2, 0) is 0 Å². The highest BCUT2D eigenvalue weighted by Gasteiger charge is 2.18. The van der Waals surface area contributed by atoms with E-state index in [1.165, 1.54) is 17.0 Å². The number of nitrogens with zero attached hydrogens (tertiary/aromatic N) is 1. The number of hydrogen-bond acceptors (Lipinski definition) is 3. The Morgan fingerprint density at radius 3 is 1.97 bits per heavy atom. The summed E-state index contributed by atoms with van der Waals surface area (Å²) < 4.78 is 93.9. The van der Waals surface area contributed by atoms with Crippen molar-refractivity contribution in [1.29, 1.82) is 0 Å². The second-order valence-corrected chi connectivity index (χ2v) is 8.40. The fourth-order valence-electron chi connectivity index (χ4n) is 4.18. The third kappa shape index (κ3) is 4.71. The Balaban J connectivity index is 1.62. The zero-order valence-corrected chi connectivity index (χ0v) is 19.9. The average Bonchev–Trinajstić information content (AvgIpc) is 3.09. The Morgan fingerprint density at radius 1 is 0.553 bits per heavy atom. The number of rotatable bonds is 6. The molecule has 0 radical (unpaired) electrons. The van der Waals surface area contributed by atoms with Crippen molar-refractivity contribution in [3.05, 3.63) is 145 Å². The van der Waals surface area contributed by atoms with Crippen LogP contribution >= 0.6 is 0 Å². The molecule has 0 aliphatic rings. The Morgan fingerprint density at radius 2 is 1.24 bits per heavy atom. The number of benzene rings is 6. The highest BCUT2D eigenvalue weighted by Crippen LogP contribution is 2.41. The van der Waals surface area contributed by atoms with Crippen LogP contribution in [0.15, 0.2) is 145 Å². The quantitative estimate of drug-likeness (QED) is 0.235. The van der Waals surface area contributed by atoms with Crippen molar-refractivity contribution in [2.75, 3.05) is 4.90 Å². The van der Waals surface area contributed by atoms with Crippen LogP contribution in [0.1, 0.15) is 15.1 Å². The van der Waals surface area contributed by atoms with Crippen molar-refractivity contribution in [2.45, 2.75) is 0 Å². The first-order valence-corrected chi connectivity index (χ1v) is 11.8. The first-order valence-electron chi connectivity index (χ1n) is 17.3. The molecule has 0 aliphatic heterocycles. The largest absolute Gasteiger partial charge is 0.488 e. The molecule has 0 spiro atoms. The number of hydrogen-bond donors (Lipinski definition) is 2. The lowest BCUT2D eigenvalue weighted by Crippen LogP contribution is -2.29. The molecule has 0 saturated carbocycles. The summed E-state index contributed by atoms with van der Waals surface area (Å²) in [5.41, 5.74) is 1.80. The molecule has 0 fully saturated rings. The third-order valence-corrected chi connectivity index (χ3v) is 6.01. The van der Waals surface area contributed by atoms with Gasteiger partial charge in [0.05, 0.1) is 20.8 Å². The summed E-state index contributed by atoms with van der Waals surface area (Å²) in [5, 5.41) is 19.3. The lowest BCUT2D eigenvalue weighted by molar-refractivity contribution is 0.426. The molecular weight excluding hydrogens is 465 g/mol. The normalized spacial score (nSPS) is 14.9. The van der Waals surface area contributed by atoms with E-state index in [0.29, 0.717) is 16.9 Å². The molecule has 0 saturated heterocycles. The van der Waals surface area contributed by atoms with Crippen molar-refractivity contribution in [3.8, 4) is 22.3 Å². The second-order valence-electron chi connectivity index (χ2n) is 8.40. The van der Waals surface area contributed by atoms with Crippen LogP contribution in [-0.4, -0.2) is 17.2 Å². The summed E-state index contributed by atoms with van der Waals surface area (Å²) in [7, 11) is -2.25. The minimum absolute atomic E-state index is 0.0316. The van der Waals surface area contributed by atoms with Gasteiger partial charge in [-0.2, -0.15) is 0 Å². The SMILES string of the molecule is [2H]c1c([2H])c(N(c2ccc(-c3c([2H])c([2H])c4c([2H])c([2H])c([2H])c([2H])c4c3[2H])cc2)c2ccccc2-c2ccccc2)c([2H])c([2H])c1B(O)O. The van der Waals surface area contributed by atoms with E-state index in [2.05, 4.69) is 0 Å². The molecule has 0 atom stereocenters. The molecule has 0 heterocycles. The maximum atomic E-state index is 9.87. The monoisotopic (exact) mass is 502 g/mol. The van der Waals surface area contributed by atoms with E-state index in [0.717, 1.165) is 5.56 Å². The van der Waals surface area contributed by atoms with Gasteiger partial charge in [-0.25, -0.2) is 0 Å². The van der Waals surface area contributed by atoms with Gasteiger partial charge in [-0.1, -0.05) is 109 Å². The topological polar surface area (TPSA) is 43.7 Å². The van der Waals surface area contributed by atoms with Crippen LogP contribution in [0.2, 0.25) is 0 Å². The van der Waals surface area contributed by atoms with Gasteiger partial charge < -0.3 is 14.9 Å². The predicted molar refractivity (Wildman–Crippen MR) is 159 cm³/mol. The van der Waals surface area contributed by atoms with E-state index in [-0.39, 0.29) is 33.6 Å². The predicted octanol–water partition coefficient (Wildman–Crippen LogP) is 7.32. The molecule has 0 aromatic heterocycles. The van der Waals surface area contributed by atoms with Gasteiger partial charge in [0.15, 0.2) is 0 Å². The van der Waals surface area contributed by atoms with Gasteiger partial charge in [0.25, 0.3) is 0 Å². The summed E-state index contributed by atoms with van der Waals surface area (Å²) in [6.45, 7) is 0. The first-order chi connectivity index (χ1) is 23.3. The van der Waals surface area contributed by atoms with Crippen LogP contribution < -0.4 is 10.4 Å². The maximum Gasteiger partial charge on any atom is 0.488 e. The molecule has 6 aromatic rings. The zero-order chi connectivity index (χ0) is 35.5. The smallest absolute Gasteiger partial charge is 0.423 e. The molecule has 0 unspecified atom stereocenters. The summed E-state index contributed by atoms with van der Waals surface area (Å²) in [6.07, 6.45) is 0. The average molecular weight is 502 g/mol. The molecule has 3 nitrogen and oxygen atoms in total. The molecule has 0 bridgehead atoms. The zero-order valence-electron chi connectivity index (χ0n) is 30.9. The minimum atomic E-state index is -2.25. The molecule has 182 valence electrons. The van der Waals surface area contributed by atoms with E-state index in [1.807, 2.05) is 42.5 Å². The molecule has 0 aliphatic carbocycles. The molecule has 2 N–H and O–H groups in total. The Labute approximate surface area is 238 Å². The van der Waals surface area contributed by atoms with Crippen molar-refractivity contribution in [2.24, 2.45) is 0 Å². The van der Waals surface area contributed by atoms with Gasteiger partial charge in [0, 0.05) is 16.9 Å². The van der Waals surface area contributed by atoms with E-state index in [9.17, 15) is 10.0 Å². The number of para-hydroxylation sites is 1. The summed E-state index contributed by atoms with van der Waals surface area (Å²) >= 11 is 0. The Kier molecular flexibility index (Phi) is 3.92. The van der Waals surface area contributed by atoms with Gasteiger partial charge in [-0.05, 0) is 69.3 Å². The van der Waals surface area contributed by atoms with Crippen LogP contribution in [0.5, 0.6) is 0 Å². The fraction of sp³-hybridized carbons (Fsp3) is 0. The van der Waals surface area contributed by atoms with Crippen LogP contribution in [0, 0.1) is 0 Å². The van der Waals surface area contributed by atoms with Gasteiger partial charge in [-0.15, -0.1) is 0 Å². The third-order valence-electron chi connectivity index (χ3n) is 6.01. The fourth-order valence-corrected chi connectivity index (χ4v) is 4.18. The van der Waals surface area contributed by atoms with Crippen LogP contribution in [0.25, 0.3) is 33.0 Å². The van der Waals surface area contributed by atoms with Crippen molar-refractivity contribution in [3.63, 3.8) is 0 Å².